The summed E-state index contributed by atoms with van der Waals surface area (Å²) >= 11 is 6.23. The summed E-state index contributed by atoms with van der Waals surface area (Å²) in [5.41, 5.74) is 2.27. The topological polar surface area (TPSA) is 17.0 Å². The smallest absolute Gasteiger partial charge is 0.0646 e. The fraction of sp³-hybridized carbons (Fsp3) is 0.333. The standard InChI is InChI=1S/C15H19ClN2/c1-2-3-10-17-12-13-7-6-11-18(13)15-9-5-4-8-14(15)16/h4-9,11,17H,2-3,10,12H2,1H3. The predicted octanol–water partition coefficient (Wildman–Crippen LogP) is 4.02. The molecule has 0 bridgehead atoms. The lowest BCUT2D eigenvalue weighted by atomic mass is 10.3. The van der Waals surface area contributed by atoms with Crippen LogP contribution in [0.15, 0.2) is 42.6 Å². The minimum Gasteiger partial charge on any atom is -0.318 e. The number of halogens is 1. The van der Waals surface area contributed by atoms with Crippen molar-refractivity contribution in [1.82, 2.24) is 9.88 Å². The Morgan fingerprint density at radius 3 is 2.78 bits per heavy atom. The average Bonchev–Trinajstić information content (AvgIpc) is 2.83. The lowest BCUT2D eigenvalue weighted by Gasteiger charge is -2.11. The number of nitrogens with one attached hydrogen (secondary N) is 1. The highest BCUT2D eigenvalue weighted by molar-refractivity contribution is 6.32. The first-order valence-electron chi connectivity index (χ1n) is 6.44. The van der Waals surface area contributed by atoms with Gasteiger partial charge in [-0.25, -0.2) is 0 Å². The van der Waals surface area contributed by atoms with Crippen LogP contribution in [-0.2, 0) is 6.54 Å². The number of hydrogen-bond acceptors (Lipinski definition) is 1. The molecule has 0 aliphatic rings. The van der Waals surface area contributed by atoms with Gasteiger partial charge in [0.2, 0.25) is 0 Å². The van der Waals surface area contributed by atoms with E-state index in [4.69, 9.17) is 11.6 Å². The van der Waals surface area contributed by atoms with Gasteiger partial charge < -0.3 is 9.88 Å². The molecule has 2 rings (SSSR count). The highest BCUT2D eigenvalue weighted by Gasteiger charge is 2.05. The Labute approximate surface area is 114 Å². The lowest BCUT2D eigenvalue weighted by molar-refractivity contribution is 0.627. The Hall–Kier alpha value is -1.25. The van der Waals surface area contributed by atoms with Crippen LogP contribution in [0.5, 0.6) is 0 Å². The third-order valence-corrected chi connectivity index (χ3v) is 3.28. The second-order valence-corrected chi connectivity index (χ2v) is 4.76. The van der Waals surface area contributed by atoms with Crippen LogP contribution in [0.2, 0.25) is 5.02 Å². The maximum absolute atomic E-state index is 6.23. The fourth-order valence-electron chi connectivity index (χ4n) is 1.96. The molecular formula is C15H19ClN2. The number of benzene rings is 1. The molecule has 0 spiro atoms. The van der Waals surface area contributed by atoms with Crippen LogP contribution in [0.4, 0.5) is 0 Å². The van der Waals surface area contributed by atoms with Gasteiger partial charge in [0.05, 0.1) is 10.7 Å². The van der Waals surface area contributed by atoms with Gasteiger partial charge >= 0.3 is 0 Å². The summed E-state index contributed by atoms with van der Waals surface area (Å²) in [5.74, 6) is 0. The molecular weight excluding hydrogens is 244 g/mol. The van der Waals surface area contributed by atoms with Crippen LogP contribution < -0.4 is 5.32 Å². The highest BCUT2D eigenvalue weighted by atomic mass is 35.5. The van der Waals surface area contributed by atoms with E-state index in [2.05, 4.69) is 35.1 Å². The van der Waals surface area contributed by atoms with Gasteiger partial charge in [0.25, 0.3) is 0 Å². The van der Waals surface area contributed by atoms with Crippen molar-refractivity contribution in [3.8, 4) is 5.69 Å². The number of para-hydroxylation sites is 1. The minimum atomic E-state index is 0.781. The lowest BCUT2D eigenvalue weighted by Crippen LogP contribution is -2.16. The zero-order valence-electron chi connectivity index (χ0n) is 10.7. The van der Waals surface area contributed by atoms with Gasteiger partial charge in [-0.1, -0.05) is 37.1 Å². The van der Waals surface area contributed by atoms with Crippen molar-refractivity contribution in [3.63, 3.8) is 0 Å². The van der Waals surface area contributed by atoms with E-state index in [9.17, 15) is 0 Å². The van der Waals surface area contributed by atoms with Crippen LogP contribution in [-0.4, -0.2) is 11.1 Å². The minimum absolute atomic E-state index is 0.781. The van der Waals surface area contributed by atoms with Crippen molar-refractivity contribution in [2.75, 3.05) is 6.54 Å². The summed E-state index contributed by atoms with van der Waals surface area (Å²) in [6.45, 7) is 4.14. The quantitative estimate of drug-likeness (QED) is 0.778. The molecule has 1 aromatic carbocycles. The van der Waals surface area contributed by atoms with Crippen LogP contribution in [0.1, 0.15) is 25.5 Å². The van der Waals surface area contributed by atoms with Crippen molar-refractivity contribution in [1.29, 1.82) is 0 Å². The van der Waals surface area contributed by atoms with E-state index in [1.807, 2.05) is 24.3 Å². The number of nitrogens with zero attached hydrogens (tertiary/aromatic N) is 1. The maximum Gasteiger partial charge on any atom is 0.0646 e. The molecule has 0 aliphatic heterocycles. The summed E-state index contributed by atoms with van der Waals surface area (Å²) in [4.78, 5) is 0. The van der Waals surface area contributed by atoms with Crippen LogP contribution in [0, 0.1) is 0 Å². The Bertz CT molecular complexity index is 491. The number of aromatic nitrogens is 1. The van der Waals surface area contributed by atoms with Gasteiger partial charge in [-0.2, -0.15) is 0 Å². The molecule has 18 heavy (non-hydrogen) atoms. The molecule has 0 fully saturated rings. The van der Waals surface area contributed by atoms with Gasteiger partial charge in [-0.15, -0.1) is 0 Å². The molecule has 0 aliphatic carbocycles. The molecule has 1 aromatic heterocycles. The van der Waals surface area contributed by atoms with E-state index in [-0.39, 0.29) is 0 Å². The molecule has 96 valence electrons. The Kier molecular flexibility index (Phi) is 4.85. The first kappa shape index (κ1) is 13.2. The normalized spacial score (nSPS) is 10.8. The van der Waals surface area contributed by atoms with E-state index >= 15 is 0 Å². The zero-order chi connectivity index (χ0) is 12.8. The van der Waals surface area contributed by atoms with E-state index in [0.29, 0.717) is 0 Å². The monoisotopic (exact) mass is 262 g/mol. The van der Waals surface area contributed by atoms with E-state index in [1.54, 1.807) is 0 Å². The third kappa shape index (κ3) is 3.15. The van der Waals surface area contributed by atoms with E-state index in [1.165, 1.54) is 18.5 Å². The zero-order valence-corrected chi connectivity index (χ0v) is 11.5. The SMILES string of the molecule is CCCCNCc1cccn1-c1ccccc1Cl. The molecule has 0 unspecified atom stereocenters. The summed E-state index contributed by atoms with van der Waals surface area (Å²) in [6.07, 6.45) is 4.49. The number of hydrogen-bond donors (Lipinski definition) is 1. The number of rotatable bonds is 6. The number of unbranched alkanes of at least 4 members (excludes halogenated alkanes) is 1. The van der Waals surface area contributed by atoms with Gasteiger partial charge in [-0.3, -0.25) is 0 Å². The maximum atomic E-state index is 6.23. The molecule has 2 nitrogen and oxygen atoms in total. The third-order valence-electron chi connectivity index (χ3n) is 2.96. The molecule has 0 amide bonds. The largest absolute Gasteiger partial charge is 0.318 e. The fourth-order valence-corrected chi connectivity index (χ4v) is 2.19. The van der Waals surface area contributed by atoms with Gasteiger partial charge in [0.15, 0.2) is 0 Å². The van der Waals surface area contributed by atoms with Crippen molar-refractivity contribution >= 4 is 11.6 Å². The van der Waals surface area contributed by atoms with Crippen molar-refractivity contribution in [2.45, 2.75) is 26.3 Å². The second-order valence-electron chi connectivity index (χ2n) is 4.35. The van der Waals surface area contributed by atoms with Crippen LogP contribution >= 0.6 is 11.6 Å². The molecule has 0 saturated carbocycles. The average molecular weight is 263 g/mol. The molecule has 0 radical (unpaired) electrons. The summed E-state index contributed by atoms with van der Waals surface area (Å²) in [5, 5.41) is 4.24. The Morgan fingerprint density at radius 2 is 2.00 bits per heavy atom. The molecule has 2 aromatic rings. The van der Waals surface area contributed by atoms with Crippen molar-refractivity contribution in [2.24, 2.45) is 0 Å². The van der Waals surface area contributed by atoms with Crippen molar-refractivity contribution < 1.29 is 0 Å². The highest BCUT2D eigenvalue weighted by Crippen LogP contribution is 2.21. The van der Waals surface area contributed by atoms with Gasteiger partial charge in [0, 0.05) is 18.4 Å². The van der Waals surface area contributed by atoms with Crippen LogP contribution in [0.3, 0.4) is 0 Å². The van der Waals surface area contributed by atoms with Gasteiger partial charge in [-0.05, 0) is 37.2 Å². The summed E-state index contributed by atoms with van der Waals surface area (Å²) in [7, 11) is 0. The first-order valence-corrected chi connectivity index (χ1v) is 6.82. The molecule has 1 heterocycles. The van der Waals surface area contributed by atoms with E-state index in [0.717, 1.165) is 23.8 Å². The summed E-state index contributed by atoms with van der Waals surface area (Å²) < 4.78 is 2.14. The Balaban J connectivity index is 2.10. The molecule has 0 saturated heterocycles. The van der Waals surface area contributed by atoms with Gasteiger partial charge in [0.1, 0.15) is 0 Å². The predicted molar refractivity (Wildman–Crippen MR) is 77.4 cm³/mol. The molecule has 0 atom stereocenters. The second kappa shape index (κ2) is 6.62. The Morgan fingerprint density at radius 1 is 1.17 bits per heavy atom. The molecule has 3 heteroatoms. The van der Waals surface area contributed by atoms with Crippen LogP contribution in [0.25, 0.3) is 5.69 Å². The molecule has 1 N–H and O–H groups in total. The first-order chi connectivity index (χ1) is 8.83. The van der Waals surface area contributed by atoms with E-state index < -0.39 is 0 Å². The summed E-state index contributed by atoms with van der Waals surface area (Å²) in [6, 6.07) is 12.1. The van der Waals surface area contributed by atoms with Crippen molar-refractivity contribution in [3.05, 3.63) is 53.3 Å².